The molecule has 90 valence electrons. The molecule has 1 aromatic carbocycles. The molecule has 0 spiro atoms. The van der Waals surface area contributed by atoms with E-state index in [0.29, 0.717) is 0 Å². The molecule has 1 rings (SSSR count). The van der Waals surface area contributed by atoms with E-state index >= 15 is 0 Å². The van der Waals surface area contributed by atoms with E-state index in [0.717, 1.165) is 16.9 Å². The molecule has 0 bridgehead atoms. The van der Waals surface area contributed by atoms with Crippen molar-refractivity contribution in [2.45, 2.75) is 26.2 Å². The van der Waals surface area contributed by atoms with Gasteiger partial charge >= 0.3 is 0 Å². The Hall–Kier alpha value is -1.26. The number of nitrogens with one attached hydrogen (secondary N) is 1. The van der Waals surface area contributed by atoms with Crippen molar-refractivity contribution in [3.63, 3.8) is 0 Å². The molecule has 0 aliphatic heterocycles. The molecule has 0 aromatic heterocycles. The number of rotatable bonds is 5. The Morgan fingerprint density at radius 3 is 2.44 bits per heavy atom. The van der Waals surface area contributed by atoms with Crippen molar-refractivity contribution in [3.8, 4) is 0 Å². The molecular weight excluding hydrogens is 204 g/mol. The van der Waals surface area contributed by atoms with Gasteiger partial charge in [0.2, 0.25) is 0 Å². The van der Waals surface area contributed by atoms with Crippen LogP contribution in [0.2, 0.25) is 0 Å². The highest BCUT2D eigenvalue weighted by Crippen LogP contribution is 2.26. The van der Waals surface area contributed by atoms with Gasteiger partial charge in [-0.1, -0.05) is 0 Å². The first-order valence-corrected chi connectivity index (χ1v) is 5.30. The van der Waals surface area contributed by atoms with Crippen molar-refractivity contribution in [1.29, 1.82) is 0 Å². The van der Waals surface area contributed by atoms with Crippen LogP contribution < -0.4 is 11.1 Å². The summed E-state index contributed by atoms with van der Waals surface area (Å²) >= 11 is 0. The van der Waals surface area contributed by atoms with Crippen LogP contribution in [-0.2, 0) is 9.47 Å². The summed E-state index contributed by atoms with van der Waals surface area (Å²) in [6, 6.07) is 5.78. The molecule has 4 nitrogen and oxygen atoms in total. The second-order valence-electron chi connectivity index (χ2n) is 3.74. The van der Waals surface area contributed by atoms with Gasteiger partial charge in [-0.2, -0.15) is 0 Å². The van der Waals surface area contributed by atoms with E-state index in [1.54, 1.807) is 14.2 Å². The maximum Gasteiger partial charge on any atom is 0.124 e. The van der Waals surface area contributed by atoms with Crippen LogP contribution in [0.5, 0.6) is 0 Å². The molecule has 0 saturated carbocycles. The number of hydrogen-bond acceptors (Lipinski definition) is 4. The Bertz CT molecular complexity index is 342. The van der Waals surface area contributed by atoms with Crippen molar-refractivity contribution in [1.82, 2.24) is 0 Å². The SMILES string of the molecule is COC(C)Nc1ccc(N)c(C(C)OC)c1. The number of nitrogen functional groups attached to an aromatic ring is 1. The Kier molecular flexibility index (Phi) is 4.58. The maximum atomic E-state index is 5.89. The molecule has 0 heterocycles. The minimum atomic E-state index is -0.0330. The first kappa shape index (κ1) is 12.8. The van der Waals surface area contributed by atoms with Crippen molar-refractivity contribution >= 4 is 11.4 Å². The molecular formula is C12H20N2O2. The topological polar surface area (TPSA) is 56.5 Å². The Balaban J connectivity index is 2.89. The molecule has 0 aliphatic carbocycles. The number of nitrogens with two attached hydrogens (primary N) is 1. The highest BCUT2D eigenvalue weighted by Gasteiger charge is 2.09. The summed E-state index contributed by atoms with van der Waals surface area (Å²) < 4.78 is 10.4. The van der Waals surface area contributed by atoms with Crippen molar-refractivity contribution in [2.24, 2.45) is 0 Å². The summed E-state index contributed by atoms with van der Waals surface area (Å²) in [5, 5.41) is 3.20. The summed E-state index contributed by atoms with van der Waals surface area (Å²) in [6.07, 6.45) is -0.0473. The smallest absolute Gasteiger partial charge is 0.124 e. The molecule has 2 unspecified atom stereocenters. The summed E-state index contributed by atoms with van der Waals surface area (Å²) in [7, 11) is 3.33. The fourth-order valence-electron chi connectivity index (χ4n) is 1.44. The average Bonchev–Trinajstić information content (AvgIpc) is 2.30. The van der Waals surface area contributed by atoms with Gasteiger partial charge in [-0.3, -0.25) is 0 Å². The van der Waals surface area contributed by atoms with Gasteiger partial charge in [0, 0.05) is 31.2 Å². The van der Waals surface area contributed by atoms with Crippen LogP contribution in [-0.4, -0.2) is 20.4 Å². The minimum Gasteiger partial charge on any atom is -0.398 e. The van der Waals surface area contributed by atoms with Gasteiger partial charge in [-0.25, -0.2) is 0 Å². The zero-order valence-corrected chi connectivity index (χ0v) is 10.3. The van der Waals surface area contributed by atoms with E-state index < -0.39 is 0 Å². The molecule has 0 fully saturated rings. The number of anilines is 2. The van der Waals surface area contributed by atoms with Crippen LogP contribution in [0.1, 0.15) is 25.5 Å². The normalized spacial score (nSPS) is 14.5. The lowest BCUT2D eigenvalue weighted by molar-refractivity contribution is 0.120. The molecule has 0 saturated heterocycles. The van der Waals surface area contributed by atoms with Gasteiger partial charge in [0.05, 0.1) is 6.10 Å². The van der Waals surface area contributed by atoms with E-state index in [2.05, 4.69) is 5.32 Å². The van der Waals surface area contributed by atoms with Crippen molar-refractivity contribution in [3.05, 3.63) is 23.8 Å². The van der Waals surface area contributed by atoms with Gasteiger partial charge < -0.3 is 20.5 Å². The zero-order chi connectivity index (χ0) is 12.1. The third-order valence-electron chi connectivity index (χ3n) is 2.60. The van der Waals surface area contributed by atoms with Crippen LogP contribution in [0.15, 0.2) is 18.2 Å². The summed E-state index contributed by atoms with van der Waals surface area (Å²) in [6.45, 7) is 3.91. The first-order valence-electron chi connectivity index (χ1n) is 5.30. The van der Waals surface area contributed by atoms with Crippen molar-refractivity contribution < 1.29 is 9.47 Å². The van der Waals surface area contributed by atoms with Crippen LogP contribution >= 0.6 is 0 Å². The van der Waals surface area contributed by atoms with E-state index in [-0.39, 0.29) is 12.3 Å². The van der Waals surface area contributed by atoms with E-state index in [9.17, 15) is 0 Å². The number of hydrogen-bond donors (Lipinski definition) is 2. The third kappa shape index (κ3) is 3.12. The molecule has 1 aromatic rings. The van der Waals surface area contributed by atoms with Gasteiger partial charge in [-0.05, 0) is 32.0 Å². The van der Waals surface area contributed by atoms with Gasteiger partial charge in [0.1, 0.15) is 6.23 Å². The monoisotopic (exact) mass is 224 g/mol. The highest BCUT2D eigenvalue weighted by molar-refractivity contribution is 5.58. The predicted octanol–water partition coefficient (Wildman–Crippen LogP) is 2.38. The molecule has 2 atom stereocenters. The largest absolute Gasteiger partial charge is 0.398 e. The quantitative estimate of drug-likeness (QED) is 0.595. The third-order valence-corrected chi connectivity index (χ3v) is 2.60. The summed E-state index contributed by atoms with van der Waals surface area (Å²) in [4.78, 5) is 0. The number of ether oxygens (including phenoxy) is 2. The van der Waals surface area contributed by atoms with E-state index in [1.165, 1.54) is 0 Å². The molecule has 4 heteroatoms. The van der Waals surface area contributed by atoms with Crippen LogP contribution in [0.4, 0.5) is 11.4 Å². The first-order chi connectivity index (χ1) is 7.58. The molecule has 16 heavy (non-hydrogen) atoms. The van der Waals surface area contributed by atoms with Crippen LogP contribution in [0.3, 0.4) is 0 Å². The van der Waals surface area contributed by atoms with Gasteiger partial charge in [0.15, 0.2) is 0 Å². The average molecular weight is 224 g/mol. The van der Waals surface area contributed by atoms with E-state index in [1.807, 2.05) is 32.0 Å². The Morgan fingerprint density at radius 2 is 1.88 bits per heavy atom. The summed E-state index contributed by atoms with van der Waals surface area (Å²) in [5.41, 5.74) is 8.59. The fourth-order valence-corrected chi connectivity index (χ4v) is 1.44. The van der Waals surface area contributed by atoms with Crippen LogP contribution in [0, 0.1) is 0 Å². The fraction of sp³-hybridized carbons (Fsp3) is 0.500. The van der Waals surface area contributed by atoms with Crippen molar-refractivity contribution in [2.75, 3.05) is 25.3 Å². The number of benzene rings is 1. The molecule has 0 amide bonds. The van der Waals surface area contributed by atoms with Gasteiger partial charge in [0.25, 0.3) is 0 Å². The lowest BCUT2D eigenvalue weighted by Crippen LogP contribution is -2.17. The molecule has 3 N–H and O–H groups in total. The molecule has 0 aliphatic rings. The highest BCUT2D eigenvalue weighted by atomic mass is 16.5. The summed E-state index contributed by atoms with van der Waals surface area (Å²) in [5.74, 6) is 0. The Labute approximate surface area is 96.7 Å². The van der Waals surface area contributed by atoms with Crippen LogP contribution in [0.25, 0.3) is 0 Å². The second kappa shape index (κ2) is 5.72. The standard InChI is InChI=1S/C12H20N2O2/c1-8(15-3)11-7-10(5-6-12(11)13)14-9(2)16-4/h5-9,14H,13H2,1-4H3. The Morgan fingerprint density at radius 1 is 1.19 bits per heavy atom. The molecule has 0 radical (unpaired) electrons. The lowest BCUT2D eigenvalue weighted by Gasteiger charge is -2.17. The zero-order valence-electron chi connectivity index (χ0n) is 10.3. The minimum absolute atomic E-state index is 0.0143. The maximum absolute atomic E-state index is 5.89. The van der Waals surface area contributed by atoms with Gasteiger partial charge in [-0.15, -0.1) is 0 Å². The predicted molar refractivity (Wildman–Crippen MR) is 66.4 cm³/mol. The number of methoxy groups -OCH3 is 2. The van der Waals surface area contributed by atoms with E-state index in [4.69, 9.17) is 15.2 Å². The second-order valence-corrected chi connectivity index (χ2v) is 3.74. The lowest BCUT2D eigenvalue weighted by atomic mass is 10.1.